The lowest BCUT2D eigenvalue weighted by molar-refractivity contribution is 0.212. The summed E-state index contributed by atoms with van der Waals surface area (Å²) < 4.78 is 0. The van der Waals surface area contributed by atoms with Crippen molar-refractivity contribution in [2.75, 3.05) is 6.61 Å². The van der Waals surface area contributed by atoms with E-state index in [0.29, 0.717) is 0 Å². The van der Waals surface area contributed by atoms with Crippen LogP contribution in [0.1, 0.15) is 13.8 Å². The van der Waals surface area contributed by atoms with Gasteiger partial charge in [0.05, 0.1) is 12.4 Å². The van der Waals surface area contributed by atoms with Crippen molar-refractivity contribution in [2.24, 2.45) is 11.1 Å². The Bertz CT molecular complexity index is 103. The van der Waals surface area contributed by atoms with Crippen molar-refractivity contribution in [3.05, 3.63) is 0 Å². The van der Waals surface area contributed by atoms with Gasteiger partial charge in [0.25, 0.3) is 0 Å². The van der Waals surface area contributed by atoms with Crippen LogP contribution in [0.2, 0.25) is 0 Å². The Morgan fingerprint density at radius 2 is 2.00 bits per heavy atom. The largest absolute Gasteiger partial charge is 0.395 e. The molecule has 9 heavy (non-hydrogen) atoms. The summed E-state index contributed by atoms with van der Waals surface area (Å²) in [5.41, 5.74) is 4.56. The Labute approximate surface area is 61.2 Å². The Balaban J connectivity index is 0. The van der Waals surface area contributed by atoms with Crippen LogP contribution >= 0.6 is 12.4 Å². The van der Waals surface area contributed by atoms with Gasteiger partial charge in [-0.2, -0.15) is 0 Å². The standard InChI is InChI=1S/C5H12N2O.ClH/c1-5(2,3-8)4(6)7;/h8H,3H2,1-2H3,(H3,6,7);1H. The first-order chi connectivity index (χ1) is 3.50. The molecule has 0 fully saturated rings. The summed E-state index contributed by atoms with van der Waals surface area (Å²) >= 11 is 0. The van der Waals surface area contributed by atoms with Gasteiger partial charge in [-0.05, 0) is 0 Å². The molecule has 0 saturated heterocycles. The fraction of sp³-hybridized carbons (Fsp3) is 0.800. The molecule has 4 N–H and O–H groups in total. The molecule has 0 aliphatic heterocycles. The van der Waals surface area contributed by atoms with Crippen LogP contribution in [0, 0.1) is 10.8 Å². The molecule has 0 aromatic carbocycles. The second-order valence-electron chi connectivity index (χ2n) is 2.46. The third-order valence-corrected chi connectivity index (χ3v) is 1.12. The molecule has 0 radical (unpaired) electrons. The first kappa shape index (κ1) is 11.5. The molecule has 0 aromatic heterocycles. The highest BCUT2D eigenvalue weighted by Gasteiger charge is 2.19. The van der Waals surface area contributed by atoms with Crippen LogP contribution in [0.5, 0.6) is 0 Å². The Hall–Kier alpha value is -0.280. The maximum atomic E-state index is 8.54. The number of aliphatic hydroxyl groups excluding tert-OH is 1. The van der Waals surface area contributed by atoms with Crippen molar-refractivity contribution < 1.29 is 5.11 Å². The highest BCUT2D eigenvalue weighted by atomic mass is 35.5. The van der Waals surface area contributed by atoms with E-state index in [1.165, 1.54) is 0 Å². The minimum atomic E-state index is -0.542. The first-order valence-corrected chi connectivity index (χ1v) is 2.46. The van der Waals surface area contributed by atoms with E-state index in [0.717, 1.165) is 0 Å². The van der Waals surface area contributed by atoms with E-state index in [9.17, 15) is 0 Å². The van der Waals surface area contributed by atoms with Gasteiger partial charge in [-0.25, -0.2) is 0 Å². The van der Waals surface area contributed by atoms with Crippen molar-refractivity contribution in [3.63, 3.8) is 0 Å². The fourth-order valence-electron chi connectivity index (χ4n) is 0.0852. The molecular weight excluding hydrogens is 140 g/mol. The molecule has 0 rings (SSSR count). The smallest absolute Gasteiger partial charge is 0.0986 e. The van der Waals surface area contributed by atoms with Gasteiger partial charge in [-0.3, -0.25) is 5.41 Å². The number of rotatable bonds is 2. The lowest BCUT2D eigenvalue weighted by Gasteiger charge is -2.18. The third-order valence-electron chi connectivity index (χ3n) is 1.12. The number of amidine groups is 1. The molecule has 4 heteroatoms. The normalized spacial score (nSPS) is 10.1. The number of nitrogens with two attached hydrogens (primary N) is 1. The number of halogens is 1. The van der Waals surface area contributed by atoms with Gasteiger partial charge in [0.1, 0.15) is 0 Å². The lowest BCUT2D eigenvalue weighted by Crippen LogP contribution is -2.33. The Morgan fingerprint density at radius 3 is 2.00 bits per heavy atom. The summed E-state index contributed by atoms with van der Waals surface area (Å²) in [5, 5.41) is 15.5. The van der Waals surface area contributed by atoms with Crippen LogP contribution < -0.4 is 5.73 Å². The second-order valence-corrected chi connectivity index (χ2v) is 2.46. The predicted molar refractivity (Wildman–Crippen MR) is 40.0 cm³/mol. The van der Waals surface area contributed by atoms with Gasteiger partial charge in [-0.15, -0.1) is 12.4 Å². The molecule has 0 unspecified atom stereocenters. The van der Waals surface area contributed by atoms with Crippen LogP contribution in [0.3, 0.4) is 0 Å². The van der Waals surface area contributed by atoms with Crippen molar-refractivity contribution in [3.8, 4) is 0 Å². The topological polar surface area (TPSA) is 70.1 Å². The van der Waals surface area contributed by atoms with Gasteiger partial charge in [0.15, 0.2) is 0 Å². The zero-order valence-electron chi connectivity index (χ0n) is 5.64. The summed E-state index contributed by atoms with van der Waals surface area (Å²) in [4.78, 5) is 0. The number of hydrogen-bond acceptors (Lipinski definition) is 2. The molecule has 0 amide bonds. The van der Waals surface area contributed by atoms with E-state index in [1.807, 2.05) is 0 Å². The van der Waals surface area contributed by atoms with Crippen LogP contribution in [0.25, 0.3) is 0 Å². The maximum absolute atomic E-state index is 8.54. The highest BCUT2D eigenvalue weighted by molar-refractivity contribution is 5.85. The number of hydrogen-bond donors (Lipinski definition) is 3. The maximum Gasteiger partial charge on any atom is 0.0986 e. The Kier molecular flexibility index (Phi) is 4.72. The zero-order valence-corrected chi connectivity index (χ0v) is 6.46. The van der Waals surface area contributed by atoms with Gasteiger partial charge < -0.3 is 10.8 Å². The minimum absolute atomic E-state index is 0. The van der Waals surface area contributed by atoms with Crippen LogP contribution in [0.4, 0.5) is 0 Å². The molecule has 0 bridgehead atoms. The summed E-state index contributed by atoms with van der Waals surface area (Å²) in [6, 6.07) is 0. The molecular formula is C5H13ClN2O. The van der Waals surface area contributed by atoms with Crippen LogP contribution in [-0.2, 0) is 0 Å². The van der Waals surface area contributed by atoms with Gasteiger partial charge >= 0.3 is 0 Å². The van der Waals surface area contributed by atoms with E-state index in [-0.39, 0.29) is 24.8 Å². The molecule has 0 aromatic rings. The minimum Gasteiger partial charge on any atom is -0.395 e. The predicted octanol–water partition coefficient (Wildman–Crippen LogP) is 0.363. The molecule has 56 valence electrons. The van der Waals surface area contributed by atoms with Crippen molar-refractivity contribution >= 4 is 18.2 Å². The summed E-state index contributed by atoms with van der Waals surface area (Å²) in [5.74, 6) is 0.0278. The first-order valence-electron chi connectivity index (χ1n) is 2.46. The van der Waals surface area contributed by atoms with Gasteiger partial charge in [-0.1, -0.05) is 13.8 Å². The van der Waals surface area contributed by atoms with Crippen molar-refractivity contribution in [1.82, 2.24) is 0 Å². The SMILES string of the molecule is CC(C)(CO)C(=N)N.Cl. The molecule has 0 atom stereocenters. The quantitative estimate of drug-likeness (QED) is 0.395. The Morgan fingerprint density at radius 1 is 1.67 bits per heavy atom. The van der Waals surface area contributed by atoms with E-state index in [4.69, 9.17) is 16.2 Å². The average molecular weight is 153 g/mol. The average Bonchev–Trinajstić information content (AvgIpc) is 1.67. The van der Waals surface area contributed by atoms with E-state index >= 15 is 0 Å². The summed E-state index contributed by atoms with van der Waals surface area (Å²) in [6.07, 6.45) is 0. The lowest BCUT2D eigenvalue weighted by atomic mass is 9.94. The summed E-state index contributed by atoms with van der Waals surface area (Å²) in [6.45, 7) is 3.37. The highest BCUT2D eigenvalue weighted by Crippen LogP contribution is 2.11. The molecule has 0 saturated carbocycles. The fourth-order valence-corrected chi connectivity index (χ4v) is 0.0852. The van der Waals surface area contributed by atoms with E-state index in [1.54, 1.807) is 13.8 Å². The van der Waals surface area contributed by atoms with Crippen molar-refractivity contribution in [2.45, 2.75) is 13.8 Å². The summed E-state index contributed by atoms with van der Waals surface area (Å²) in [7, 11) is 0. The van der Waals surface area contributed by atoms with Crippen LogP contribution in [-0.4, -0.2) is 17.5 Å². The van der Waals surface area contributed by atoms with Gasteiger partial charge in [0, 0.05) is 5.41 Å². The van der Waals surface area contributed by atoms with Gasteiger partial charge in [0.2, 0.25) is 0 Å². The molecule has 3 nitrogen and oxygen atoms in total. The monoisotopic (exact) mass is 152 g/mol. The van der Waals surface area contributed by atoms with Crippen LogP contribution in [0.15, 0.2) is 0 Å². The third kappa shape index (κ3) is 3.32. The number of nitrogens with one attached hydrogen (secondary N) is 1. The molecule has 0 heterocycles. The molecule has 0 aliphatic rings. The van der Waals surface area contributed by atoms with Crippen molar-refractivity contribution in [1.29, 1.82) is 5.41 Å². The van der Waals surface area contributed by atoms with E-state index in [2.05, 4.69) is 0 Å². The van der Waals surface area contributed by atoms with E-state index < -0.39 is 5.41 Å². The zero-order chi connectivity index (χ0) is 6.78. The number of aliphatic hydroxyl groups is 1. The molecule has 0 aliphatic carbocycles. The second kappa shape index (κ2) is 3.69. The molecule has 0 spiro atoms.